The maximum atomic E-state index is 5.98. The first-order chi connectivity index (χ1) is 7.24. The van der Waals surface area contributed by atoms with Gasteiger partial charge in [0.05, 0.1) is 5.02 Å². The number of rotatable bonds is 4. The van der Waals surface area contributed by atoms with Gasteiger partial charge < -0.3 is 5.32 Å². The third-order valence-electron chi connectivity index (χ3n) is 1.92. The summed E-state index contributed by atoms with van der Waals surface area (Å²) in [6.45, 7) is 3.60. The van der Waals surface area contributed by atoms with Gasteiger partial charge in [-0.3, -0.25) is 0 Å². The van der Waals surface area contributed by atoms with E-state index in [9.17, 15) is 0 Å². The van der Waals surface area contributed by atoms with Crippen molar-refractivity contribution in [3.05, 3.63) is 33.3 Å². The largest absolute Gasteiger partial charge is 0.312 e. The van der Waals surface area contributed by atoms with Crippen molar-refractivity contribution in [1.82, 2.24) is 5.32 Å². The fraction of sp³-hybridized carbons (Fsp3) is 0.333. The lowest BCUT2D eigenvalue weighted by molar-refractivity contribution is 0.701. The quantitative estimate of drug-likeness (QED) is 0.659. The van der Waals surface area contributed by atoms with Crippen molar-refractivity contribution in [2.45, 2.75) is 19.9 Å². The lowest BCUT2D eigenvalue weighted by Crippen LogP contribution is -2.14. The number of nitrogens with one attached hydrogen (secondary N) is 1. The Morgan fingerprint density at radius 1 is 1.47 bits per heavy atom. The molecule has 0 aliphatic carbocycles. The van der Waals surface area contributed by atoms with Crippen molar-refractivity contribution >= 4 is 27.5 Å². The van der Waals surface area contributed by atoms with Crippen LogP contribution in [0.2, 0.25) is 5.02 Å². The number of benzene rings is 1. The topological polar surface area (TPSA) is 12.0 Å². The van der Waals surface area contributed by atoms with Crippen LogP contribution >= 0.6 is 27.5 Å². The van der Waals surface area contributed by atoms with E-state index in [0.717, 1.165) is 29.0 Å². The molecule has 0 saturated heterocycles. The predicted octanol–water partition coefficient (Wildman–Crippen LogP) is 3.61. The summed E-state index contributed by atoms with van der Waals surface area (Å²) < 4.78 is 0.935. The molecule has 0 heterocycles. The molecule has 1 rings (SSSR count). The molecule has 0 aromatic heterocycles. The first kappa shape index (κ1) is 12.6. The Balaban J connectivity index is 2.36. The second kappa shape index (κ2) is 6.90. The standard InChI is InChI=1S/C12H13BrClN/c1-2-3-4-7-15-9-10-5-6-11(13)12(14)8-10/h5-6,8,15H,4,7,9H2,1H3. The summed E-state index contributed by atoms with van der Waals surface area (Å²) in [6, 6.07) is 5.98. The fourth-order valence-corrected chi connectivity index (χ4v) is 1.61. The second-order valence-corrected chi connectivity index (χ2v) is 4.36. The molecular formula is C12H13BrClN. The molecule has 80 valence electrons. The Hall–Kier alpha value is -0.490. The van der Waals surface area contributed by atoms with Gasteiger partial charge in [-0.1, -0.05) is 17.7 Å². The molecule has 0 aliphatic heterocycles. The number of halogens is 2. The summed E-state index contributed by atoms with van der Waals surface area (Å²) >= 11 is 9.34. The van der Waals surface area contributed by atoms with Crippen LogP contribution in [0.1, 0.15) is 18.9 Å². The summed E-state index contributed by atoms with van der Waals surface area (Å²) in [5, 5.41) is 4.06. The van der Waals surface area contributed by atoms with E-state index in [1.54, 1.807) is 0 Å². The molecule has 0 saturated carbocycles. The minimum Gasteiger partial charge on any atom is -0.312 e. The van der Waals surface area contributed by atoms with Gasteiger partial charge >= 0.3 is 0 Å². The second-order valence-electron chi connectivity index (χ2n) is 3.10. The summed E-state index contributed by atoms with van der Waals surface area (Å²) in [4.78, 5) is 0. The molecule has 0 radical (unpaired) electrons. The summed E-state index contributed by atoms with van der Waals surface area (Å²) in [6.07, 6.45) is 0.890. The molecule has 1 nitrogen and oxygen atoms in total. The summed E-state index contributed by atoms with van der Waals surface area (Å²) in [5.74, 6) is 5.87. The first-order valence-electron chi connectivity index (χ1n) is 4.78. The van der Waals surface area contributed by atoms with E-state index in [1.807, 2.05) is 19.1 Å². The molecule has 0 unspecified atom stereocenters. The van der Waals surface area contributed by atoms with Gasteiger partial charge in [0, 0.05) is 24.0 Å². The summed E-state index contributed by atoms with van der Waals surface area (Å²) in [7, 11) is 0. The number of hydrogen-bond acceptors (Lipinski definition) is 1. The highest BCUT2D eigenvalue weighted by molar-refractivity contribution is 9.10. The molecule has 1 aromatic carbocycles. The van der Waals surface area contributed by atoms with E-state index in [1.165, 1.54) is 5.56 Å². The molecule has 1 aromatic rings. The van der Waals surface area contributed by atoms with Crippen molar-refractivity contribution in [1.29, 1.82) is 0 Å². The van der Waals surface area contributed by atoms with Crippen LogP contribution in [-0.2, 0) is 6.54 Å². The van der Waals surface area contributed by atoms with Gasteiger partial charge in [0.1, 0.15) is 0 Å². The smallest absolute Gasteiger partial charge is 0.0551 e. The normalized spacial score (nSPS) is 9.53. The lowest BCUT2D eigenvalue weighted by Gasteiger charge is -2.04. The van der Waals surface area contributed by atoms with Crippen molar-refractivity contribution in [2.75, 3.05) is 6.54 Å². The van der Waals surface area contributed by atoms with Crippen LogP contribution in [-0.4, -0.2) is 6.54 Å². The average molecular weight is 287 g/mol. The molecule has 0 amide bonds. The first-order valence-corrected chi connectivity index (χ1v) is 5.95. The van der Waals surface area contributed by atoms with Gasteiger partial charge in [-0.15, -0.1) is 11.8 Å². The number of hydrogen-bond donors (Lipinski definition) is 1. The zero-order valence-corrected chi connectivity index (χ0v) is 11.0. The van der Waals surface area contributed by atoms with Crippen molar-refractivity contribution in [2.24, 2.45) is 0 Å². The van der Waals surface area contributed by atoms with Crippen LogP contribution in [0.3, 0.4) is 0 Å². The Kier molecular flexibility index (Phi) is 5.78. The van der Waals surface area contributed by atoms with E-state index in [4.69, 9.17) is 11.6 Å². The van der Waals surface area contributed by atoms with E-state index < -0.39 is 0 Å². The van der Waals surface area contributed by atoms with Crippen molar-refractivity contribution in [3.8, 4) is 11.8 Å². The lowest BCUT2D eigenvalue weighted by atomic mass is 10.2. The zero-order chi connectivity index (χ0) is 11.1. The predicted molar refractivity (Wildman–Crippen MR) is 68.9 cm³/mol. The molecule has 0 atom stereocenters. The Labute approximate surface area is 104 Å². The van der Waals surface area contributed by atoms with E-state index in [0.29, 0.717) is 0 Å². The Bertz CT molecular complexity index is 379. The van der Waals surface area contributed by atoms with E-state index >= 15 is 0 Å². The molecule has 0 spiro atoms. The van der Waals surface area contributed by atoms with Gasteiger partial charge in [0.15, 0.2) is 0 Å². The third kappa shape index (κ3) is 4.70. The molecule has 0 aliphatic rings. The highest BCUT2D eigenvalue weighted by Crippen LogP contribution is 2.22. The highest BCUT2D eigenvalue weighted by atomic mass is 79.9. The Morgan fingerprint density at radius 3 is 2.93 bits per heavy atom. The minimum absolute atomic E-state index is 0.752. The maximum Gasteiger partial charge on any atom is 0.0551 e. The van der Waals surface area contributed by atoms with Gasteiger partial charge in [-0.05, 0) is 40.5 Å². The van der Waals surface area contributed by atoms with Crippen LogP contribution in [0.4, 0.5) is 0 Å². The van der Waals surface area contributed by atoms with Crippen LogP contribution in [0.5, 0.6) is 0 Å². The fourth-order valence-electron chi connectivity index (χ4n) is 1.16. The molecule has 0 fully saturated rings. The zero-order valence-electron chi connectivity index (χ0n) is 8.61. The molecule has 15 heavy (non-hydrogen) atoms. The van der Waals surface area contributed by atoms with Gasteiger partial charge in [-0.2, -0.15) is 0 Å². The van der Waals surface area contributed by atoms with E-state index in [2.05, 4.69) is 39.2 Å². The average Bonchev–Trinajstić information content (AvgIpc) is 2.23. The van der Waals surface area contributed by atoms with Crippen molar-refractivity contribution < 1.29 is 0 Å². The third-order valence-corrected chi connectivity index (χ3v) is 3.15. The van der Waals surface area contributed by atoms with Crippen LogP contribution in [0.15, 0.2) is 22.7 Å². The molecular weight excluding hydrogens is 273 g/mol. The minimum atomic E-state index is 0.752. The monoisotopic (exact) mass is 285 g/mol. The molecule has 0 bridgehead atoms. The van der Waals surface area contributed by atoms with Gasteiger partial charge in [0.2, 0.25) is 0 Å². The van der Waals surface area contributed by atoms with Crippen LogP contribution in [0.25, 0.3) is 0 Å². The Morgan fingerprint density at radius 2 is 2.27 bits per heavy atom. The SMILES string of the molecule is CC#CCCNCc1ccc(Br)c(Cl)c1. The van der Waals surface area contributed by atoms with E-state index in [-0.39, 0.29) is 0 Å². The highest BCUT2D eigenvalue weighted by Gasteiger charge is 1.98. The van der Waals surface area contributed by atoms with Gasteiger partial charge in [-0.25, -0.2) is 0 Å². The summed E-state index contributed by atoms with van der Waals surface area (Å²) in [5.41, 5.74) is 1.19. The molecule has 3 heteroatoms. The maximum absolute atomic E-state index is 5.98. The van der Waals surface area contributed by atoms with Crippen molar-refractivity contribution in [3.63, 3.8) is 0 Å². The van der Waals surface area contributed by atoms with Crippen LogP contribution in [0, 0.1) is 11.8 Å². The van der Waals surface area contributed by atoms with Gasteiger partial charge in [0.25, 0.3) is 0 Å². The van der Waals surface area contributed by atoms with Crippen LogP contribution < -0.4 is 5.32 Å². The molecule has 1 N–H and O–H groups in total.